The van der Waals surface area contributed by atoms with Crippen LogP contribution in [0.5, 0.6) is 0 Å². The molecule has 18 heavy (non-hydrogen) atoms. The van der Waals surface area contributed by atoms with Gasteiger partial charge in [0.05, 0.1) is 15.2 Å². The van der Waals surface area contributed by atoms with E-state index in [9.17, 15) is 0 Å². The third kappa shape index (κ3) is 3.30. The monoisotopic (exact) mass is 262 g/mol. The van der Waals surface area contributed by atoms with Crippen LogP contribution in [-0.4, -0.2) is 11.0 Å². The van der Waals surface area contributed by atoms with Crippen LogP contribution in [0.3, 0.4) is 0 Å². The number of aryl methyl sites for hydroxylation is 1. The Kier molecular flexibility index (Phi) is 4.03. The summed E-state index contributed by atoms with van der Waals surface area (Å²) in [5.41, 5.74) is 7.50. The Labute approximate surface area is 113 Å². The van der Waals surface area contributed by atoms with Crippen LogP contribution < -0.4 is 5.73 Å². The fraction of sp³-hybridized carbons (Fsp3) is 0.533. The molecule has 0 bridgehead atoms. The van der Waals surface area contributed by atoms with E-state index in [1.54, 1.807) is 11.3 Å². The van der Waals surface area contributed by atoms with Crippen LogP contribution in [0.1, 0.15) is 38.6 Å². The lowest BCUT2D eigenvalue weighted by Crippen LogP contribution is -2.34. The van der Waals surface area contributed by atoms with E-state index in [2.05, 4.69) is 44.0 Å². The third-order valence-corrected chi connectivity index (χ3v) is 4.45. The highest BCUT2D eigenvalue weighted by molar-refractivity contribution is 7.18. The molecule has 2 aromatic rings. The first-order chi connectivity index (χ1) is 8.47. The largest absolute Gasteiger partial charge is 0.327 e. The number of hydrogen-bond acceptors (Lipinski definition) is 3. The summed E-state index contributed by atoms with van der Waals surface area (Å²) in [6.45, 7) is 6.61. The van der Waals surface area contributed by atoms with E-state index >= 15 is 0 Å². The first-order valence-corrected chi connectivity index (χ1v) is 7.38. The van der Waals surface area contributed by atoms with Gasteiger partial charge in [-0.1, -0.05) is 32.9 Å². The molecule has 0 aliphatic rings. The van der Waals surface area contributed by atoms with Crippen LogP contribution in [0.2, 0.25) is 0 Å². The number of nitrogens with zero attached hydrogens (tertiary/aromatic N) is 1. The molecule has 1 atom stereocenters. The summed E-state index contributed by atoms with van der Waals surface area (Å²) in [5.74, 6) is 0. The molecule has 2 N–H and O–H groups in total. The fourth-order valence-corrected chi connectivity index (χ4v) is 2.94. The lowest BCUT2D eigenvalue weighted by atomic mass is 9.84. The van der Waals surface area contributed by atoms with Crippen LogP contribution >= 0.6 is 11.3 Å². The van der Waals surface area contributed by atoms with Gasteiger partial charge in [-0.25, -0.2) is 4.98 Å². The summed E-state index contributed by atoms with van der Waals surface area (Å²) in [6, 6.07) is 8.60. The number of hydrogen-bond donors (Lipinski definition) is 1. The molecule has 1 heterocycles. The standard InChI is InChI=1S/C15H22N2S/c1-15(2,3)13(16)9-6-10-14-17-11-7-4-5-8-12(11)18-14/h4-5,7-8,13H,6,9-10,16H2,1-3H3. The molecule has 0 saturated heterocycles. The van der Waals surface area contributed by atoms with E-state index in [4.69, 9.17) is 5.73 Å². The molecule has 1 aromatic carbocycles. The second kappa shape index (κ2) is 5.37. The van der Waals surface area contributed by atoms with Crippen LogP contribution in [0, 0.1) is 5.41 Å². The van der Waals surface area contributed by atoms with Crippen molar-refractivity contribution >= 4 is 21.6 Å². The second-order valence-corrected chi connectivity index (χ2v) is 7.06. The maximum Gasteiger partial charge on any atom is 0.0938 e. The van der Waals surface area contributed by atoms with Crippen molar-refractivity contribution in [2.75, 3.05) is 0 Å². The van der Waals surface area contributed by atoms with Crippen molar-refractivity contribution < 1.29 is 0 Å². The molecule has 0 amide bonds. The number of aromatic nitrogens is 1. The van der Waals surface area contributed by atoms with Gasteiger partial charge in [-0.3, -0.25) is 0 Å². The molecule has 98 valence electrons. The average Bonchev–Trinajstić information content (AvgIpc) is 2.70. The molecule has 2 nitrogen and oxygen atoms in total. The first-order valence-electron chi connectivity index (χ1n) is 6.57. The van der Waals surface area contributed by atoms with E-state index < -0.39 is 0 Å². The van der Waals surface area contributed by atoms with E-state index in [0.717, 1.165) is 24.8 Å². The van der Waals surface area contributed by atoms with Crippen LogP contribution in [0.25, 0.3) is 10.2 Å². The minimum Gasteiger partial charge on any atom is -0.327 e. The minimum atomic E-state index is 0.202. The van der Waals surface area contributed by atoms with E-state index in [-0.39, 0.29) is 11.5 Å². The zero-order valence-corrected chi connectivity index (χ0v) is 12.3. The van der Waals surface area contributed by atoms with Crippen molar-refractivity contribution in [3.8, 4) is 0 Å². The van der Waals surface area contributed by atoms with E-state index in [1.807, 2.05) is 6.07 Å². The molecular weight excluding hydrogens is 240 g/mol. The van der Waals surface area contributed by atoms with Crippen LogP contribution in [-0.2, 0) is 6.42 Å². The van der Waals surface area contributed by atoms with Gasteiger partial charge < -0.3 is 5.73 Å². The Morgan fingerprint density at radius 3 is 2.67 bits per heavy atom. The predicted octanol–water partition coefficient (Wildman–Crippen LogP) is 3.99. The van der Waals surface area contributed by atoms with Crippen molar-refractivity contribution in [2.45, 2.75) is 46.1 Å². The molecular formula is C15H22N2S. The summed E-state index contributed by atoms with van der Waals surface area (Å²) in [4.78, 5) is 4.65. The maximum absolute atomic E-state index is 6.17. The Balaban J connectivity index is 1.91. The Bertz CT molecular complexity index is 477. The molecule has 3 heteroatoms. The van der Waals surface area contributed by atoms with Gasteiger partial charge in [-0.2, -0.15) is 0 Å². The van der Waals surface area contributed by atoms with Gasteiger partial charge in [-0.05, 0) is 36.8 Å². The molecule has 0 saturated carbocycles. The molecule has 0 aliphatic heterocycles. The normalized spacial score (nSPS) is 14.0. The maximum atomic E-state index is 6.17. The molecule has 0 spiro atoms. The lowest BCUT2D eigenvalue weighted by molar-refractivity contribution is 0.301. The summed E-state index contributed by atoms with van der Waals surface area (Å²) in [6.07, 6.45) is 3.24. The van der Waals surface area contributed by atoms with Gasteiger partial charge in [0.2, 0.25) is 0 Å². The Morgan fingerprint density at radius 1 is 1.28 bits per heavy atom. The van der Waals surface area contributed by atoms with Gasteiger partial charge in [0.1, 0.15) is 0 Å². The number of nitrogens with two attached hydrogens (primary N) is 1. The lowest BCUT2D eigenvalue weighted by Gasteiger charge is -2.26. The number of rotatable bonds is 4. The molecule has 0 radical (unpaired) electrons. The highest BCUT2D eigenvalue weighted by Crippen LogP contribution is 2.25. The van der Waals surface area contributed by atoms with Crippen molar-refractivity contribution in [2.24, 2.45) is 11.1 Å². The van der Waals surface area contributed by atoms with Gasteiger partial charge in [0.15, 0.2) is 0 Å². The third-order valence-electron chi connectivity index (χ3n) is 3.36. The van der Waals surface area contributed by atoms with Gasteiger partial charge in [0, 0.05) is 6.04 Å². The smallest absolute Gasteiger partial charge is 0.0938 e. The fourth-order valence-electron chi connectivity index (χ4n) is 1.93. The number of benzene rings is 1. The predicted molar refractivity (Wildman–Crippen MR) is 80.0 cm³/mol. The van der Waals surface area contributed by atoms with Gasteiger partial charge >= 0.3 is 0 Å². The summed E-state index contributed by atoms with van der Waals surface area (Å²) >= 11 is 1.80. The zero-order chi connectivity index (χ0) is 13.2. The number of fused-ring (bicyclic) bond motifs is 1. The Hall–Kier alpha value is -0.930. The second-order valence-electron chi connectivity index (χ2n) is 5.94. The average molecular weight is 262 g/mol. The van der Waals surface area contributed by atoms with Crippen molar-refractivity contribution in [1.29, 1.82) is 0 Å². The first kappa shape index (κ1) is 13.5. The number of para-hydroxylation sites is 1. The highest BCUT2D eigenvalue weighted by atomic mass is 32.1. The van der Waals surface area contributed by atoms with E-state index in [0.29, 0.717) is 0 Å². The van der Waals surface area contributed by atoms with E-state index in [1.165, 1.54) is 9.71 Å². The van der Waals surface area contributed by atoms with Crippen molar-refractivity contribution in [1.82, 2.24) is 4.98 Å². The number of thiazole rings is 1. The SMILES string of the molecule is CC(C)(C)C(N)CCCc1nc2ccccc2s1. The molecule has 0 fully saturated rings. The van der Waals surface area contributed by atoms with Crippen LogP contribution in [0.15, 0.2) is 24.3 Å². The van der Waals surface area contributed by atoms with Gasteiger partial charge in [-0.15, -0.1) is 11.3 Å². The summed E-state index contributed by atoms with van der Waals surface area (Å²) in [5, 5.41) is 1.23. The molecule has 1 aromatic heterocycles. The highest BCUT2D eigenvalue weighted by Gasteiger charge is 2.19. The summed E-state index contributed by atoms with van der Waals surface area (Å²) < 4.78 is 1.28. The quantitative estimate of drug-likeness (QED) is 0.904. The van der Waals surface area contributed by atoms with Crippen molar-refractivity contribution in [3.05, 3.63) is 29.3 Å². The molecule has 0 aliphatic carbocycles. The Morgan fingerprint density at radius 2 is 2.00 bits per heavy atom. The molecule has 2 rings (SSSR count). The van der Waals surface area contributed by atoms with Crippen molar-refractivity contribution in [3.63, 3.8) is 0 Å². The van der Waals surface area contributed by atoms with Crippen LogP contribution in [0.4, 0.5) is 0 Å². The molecule has 1 unspecified atom stereocenters. The topological polar surface area (TPSA) is 38.9 Å². The minimum absolute atomic E-state index is 0.202. The zero-order valence-electron chi connectivity index (χ0n) is 11.4. The van der Waals surface area contributed by atoms with Gasteiger partial charge in [0.25, 0.3) is 0 Å². The summed E-state index contributed by atoms with van der Waals surface area (Å²) in [7, 11) is 0.